The summed E-state index contributed by atoms with van der Waals surface area (Å²) >= 11 is 1.50. The first-order valence-electron chi connectivity index (χ1n) is 9.04. The third kappa shape index (κ3) is 4.28. The number of hydrogen-bond donors (Lipinski definition) is 2. The molecule has 0 atom stereocenters. The first-order chi connectivity index (χ1) is 13.4. The number of amides is 2. The average molecular weight is 398 g/mol. The standard InChI is InChI=1S/C20H22N4O3S/c1-4-16(25)22-14-5-7-15(8-6-14)23-17(26)9-10-24-11-21-19-18(20(24)27)12(2)13(3)28-19/h5-8,11H,4,9-10H2,1-3H3,(H,22,25)(H,23,26). The van der Waals surface area contributed by atoms with Crippen molar-refractivity contribution in [3.8, 4) is 0 Å². The second-order valence-electron chi connectivity index (χ2n) is 6.48. The van der Waals surface area contributed by atoms with Crippen molar-refractivity contribution >= 4 is 44.7 Å². The van der Waals surface area contributed by atoms with Gasteiger partial charge in [0.25, 0.3) is 5.56 Å². The molecular formula is C20H22N4O3S. The number of aryl methyl sites for hydroxylation is 3. The van der Waals surface area contributed by atoms with Gasteiger partial charge >= 0.3 is 0 Å². The Bertz CT molecular complexity index is 1080. The van der Waals surface area contributed by atoms with E-state index >= 15 is 0 Å². The minimum Gasteiger partial charge on any atom is -0.326 e. The minimum absolute atomic E-state index is 0.0659. The SMILES string of the molecule is CCC(=O)Nc1ccc(NC(=O)CCn2cnc3sc(C)c(C)c3c2=O)cc1. The van der Waals surface area contributed by atoms with Crippen molar-refractivity contribution in [1.29, 1.82) is 0 Å². The van der Waals surface area contributed by atoms with E-state index in [0.29, 0.717) is 23.2 Å². The lowest BCUT2D eigenvalue weighted by atomic mass is 10.2. The summed E-state index contributed by atoms with van der Waals surface area (Å²) in [6, 6.07) is 6.90. The molecule has 3 aromatic rings. The number of thiophene rings is 1. The average Bonchev–Trinajstić information content (AvgIpc) is 2.97. The molecule has 8 heteroatoms. The summed E-state index contributed by atoms with van der Waals surface area (Å²) < 4.78 is 1.48. The molecular weight excluding hydrogens is 376 g/mol. The number of nitrogens with one attached hydrogen (secondary N) is 2. The first-order valence-corrected chi connectivity index (χ1v) is 9.85. The number of hydrogen-bond acceptors (Lipinski definition) is 5. The normalized spacial score (nSPS) is 10.8. The highest BCUT2D eigenvalue weighted by molar-refractivity contribution is 7.18. The molecule has 0 bridgehead atoms. The molecule has 0 unspecified atom stereocenters. The maximum absolute atomic E-state index is 12.6. The zero-order valence-corrected chi connectivity index (χ0v) is 16.9. The fraction of sp³-hybridized carbons (Fsp3) is 0.300. The van der Waals surface area contributed by atoms with Crippen LogP contribution in [-0.2, 0) is 16.1 Å². The quantitative estimate of drug-likeness (QED) is 0.665. The largest absolute Gasteiger partial charge is 0.326 e. The molecule has 1 aromatic carbocycles. The summed E-state index contributed by atoms with van der Waals surface area (Å²) in [6.45, 7) is 5.93. The maximum Gasteiger partial charge on any atom is 0.262 e. The van der Waals surface area contributed by atoms with Gasteiger partial charge in [0, 0.05) is 35.6 Å². The third-order valence-electron chi connectivity index (χ3n) is 4.51. The summed E-state index contributed by atoms with van der Waals surface area (Å²) in [4.78, 5) is 42.4. The number of rotatable bonds is 6. The van der Waals surface area contributed by atoms with E-state index in [1.807, 2.05) is 13.8 Å². The molecule has 2 heterocycles. The Balaban J connectivity index is 1.62. The van der Waals surface area contributed by atoms with Crippen LogP contribution in [0.15, 0.2) is 35.4 Å². The second kappa shape index (κ2) is 8.35. The van der Waals surface area contributed by atoms with E-state index in [0.717, 1.165) is 15.3 Å². The van der Waals surface area contributed by atoms with Crippen LogP contribution in [0.2, 0.25) is 0 Å². The lowest BCUT2D eigenvalue weighted by Crippen LogP contribution is -2.23. The highest BCUT2D eigenvalue weighted by Gasteiger charge is 2.13. The summed E-state index contributed by atoms with van der Waals surface area (Å²) in [7, 11) is 0. The van der Waals surface area contributed by atoms with Gasteiger partial charge in [-0.15, -0.1) is 11.3 Å². The molecule has 0 saturated heterocycles. The molecule has 28 heavy (non-hydrogen) atoms. The molecule has 2 aromatic heterocycles. The molecule has 0 aliphatic carbocycles. The maximum atomic E-state index is 12.6. The van der Waals surface area contributed by atoms with Crippen LogP contribution in [0.5, 0.6) is 0 Å². The number of benzene rings is 1. The van der Waals surface area contributed by atoms with Gasteiger partial charge in [0.1, 0.15) is 4.83 Å². The van der Waals surface area contributed by atoms with E-state index < -0.39 is 0 Å². The van der Waals surface area contributed by atoms with Gasteiger partial charge in [0.2, 0.25) is 11.8 Å². The minimum atomic E-state index is -0.199. The number of carbonyl (C=O) groups is 2. The van der Waals surface area contributed by atoms with Crippen LogP contribution in [0.4, 0.5) is 11.4 Å². The van der Waals surface area contributed by atoms with E-state index in [1.165, 1.54) is 22.2 Å². The Morgan fingerprint density at radius 2 is 1.68 bits per heavy atom. The lowest BCUT2D eigenvalue weighted by molar-refractivity contribution is -0.117. The van der Waals surface area contributed by atoms with Gasteiger partial charge in [-0.1, -0.05) is 6.92 Å². The molecule has 0 aliphatic heterocycles. The molecule has 0 radical (unpaired) electrons. The zero-order valence-electron chi connectivity index (χ0n) is 16.0. The second-order valence-corrected chi connectivity index (χ2v) is 7.69. The number of carbonyl (C=O) groups excluding carboxylic acids is 2. The van der Waals surface area contributed by atoms with E-state index in [2.05, 4.69) is 15.6 Å². The fourth-order valence-electron chi connectivity index (χ4n) is 2.76. The Kier molecular flexibility index (Phi) is 5.89. The molecule has 146 valence electrons. The highest BCUT2D eigenvalue weighted by atomic mass is 32.1. The number of aromatic nitrogens is 2. The van der Waals surface area contributed by atoms with Crippen LogP contribution in [0.1, 0.15) is 30.2 Å². The van der Waals surface area contributed by atoms with E-state index in [9.17, 15) is 14.4 Å². The predicted molar refractivity (Wildman–Crippen MR) is 112 cm³/mol. The molecule has 2 N–H and O–H groups in total. The number of fused-ring (bicyclic) bond motifs is 1. The van der Waals surface area contributed by atoms with Crippen LogP contribution < -0.4 is 16.2 Å². The monoisotopic (exact) mass is 398 g/mol. The fourth-order valence-corrected chi connectivity index (χ4v) is 3.75. The molecule has 0 fully saturated rings. The third-order valence-corrected chi connectivity index (χ3v) is 5.62. The summed E-state index contributed by atoms with van der Waals surface area (Å²) in [5, 5.41) is 6.18. The van der Waals surface area contributed by atoms with Crippen molar-refractivity contribution in [3.05, 3.63) is 51.4 Å². The van der Waals surface area contributed by atoms with Gasteiger partial charge < -0.3 is 10.6 Å². The molecule has 7 nitrogen and oxygen atoms in total. The van der Waals surface area contributed by atoms with Gasteiger partial charge in [0.05, 0.1) is 11.7 Å². The van der Waals surface area contributed by atoms with Crippen LogP contribution in [0, 0.1) is 13.8 Å². The number of nitrogens with zero attached hydrogens (tertiary/aromatic N) is 2. The van der Waals surface area contributed by atoms with Crippen molar-refractivity contribution in [2.75, 3.05) is 10.6 Å². The van der Waals surface area contributed by atoms with E-state index in [4.69, 9.17) is 0 Å². The molecule has 0 spiro atoms. The van der Waals surface area contributed by atoms with Crippen molar-refractivity contribution < 1.29 is 9.59 Å². The van der Waals surface area contributed by atoms with E-state index in [-0.39, 0.29) is 30.3 Å². The lowest BCUT2D eigenvalue weighted by Gasteiger charge is -2.08. The summed E-state index contributed by atoms with van der Waals surface area (Å²) in [5.74, 6) is -0.264. The summed E-state index contributed by atoms with van der Waals surface area (Å²) in [5.41, 5.74) is 2.14. The topological polar surface area (TPSA) is 93.1 Å². The molecule has 2 amide bonds. The van der Waals surface area contributed by atoms with Crippen LogP contribution in [0.3, 0.4) is 0 Å². The smallest absolute Gasteiger partial charge is 0.262 e. The number of anilines is 2. The van der Waals surface area contributed by atoms with Crippen molar-refractivity contribution in [2.24, 2.45) is 0 Å². The van der Waals surface area contributed by atoms with Crippen LogP contribution in [0.25, 0.3) is 10.2 Å². The van der Waals surface area contributed by atoms with Crippen LogP contribution >= 0.6 is 11.3 Å². The zero-order chi connectivity index (χ0) is 20.3. The molecule has 3 rings (SSSR count). The Morgan fingerprint density at radius 3 is 2.29 bits per heavy atom. The molecule has 0 saturated carbocycles. The Morgan fingerprint density at radius 1 is 1.07 bits per heavy atom. The van der Waals surface area contributed by atoms with Crippen molar-refractivity contribution in [2.45, 2.75) is 40.2 Å². The predicted octanol–water partition coefficient (Wildman–Crippen LogP) is 3.45. The van der Waals surface area contributed by atoms with E-state index in [1.54, 1.807) is 31.2 Å². The van der Waals surface area contributed by atoms with Crippen LogP contribution in [-0.4, -0.2) is 21.4 Å². The van der Waals surface area contributed by atoms with Crippen molar-refractivity contribution in [3.63, 3.8) is 0 Å². The van der Waals surface area contributed by atoms with Gasteiger partial charge in [-0.25, -0.2) is 4.98 Å². The summed E-state index contributed by atoms with van der Waals surface area (Å²) in [6.07, 6.45) is 2.06. The first kappa shape index (κ1) is 19.8. The van der Waals surface area contributed by atoms with Gasteiger partial charge in [-0.2, -0.15) is 0 Å². The van der Waals surface area contributed by atoms with Gasteiger partial charge in [-0.05, 0) is 43.7 Å². The van der Waals surface area contributed by atoms with Gasteiger partial charge in [-0.3, -0.25) is 19.0 Å². The highest BCUT2D eigenvalue weighted by Crippen LogP contribution is 2.25. The van der Waals surface area contributed by atoms with Crippen molar-refractivity contribution in [1.82, 2.24) is 9.55 Å². The molecule has 0 aliphatic rings. The Hall–Kier alpha value is -3.00. The Labute approximate surface area is 166 Å². The van der Waals surface area contributed by atoms with Gasteiger partial charge in [0.15, 0.2) is 0 Å².